The molecule has 0 amide bonds. The van der Waals surface area contributed by atoms with Gasteiger partial charge >= 0.3 is 0 Å². The second-order valence-electron chi connectivity index (χ2n) is 6.26. The van der Waals surface area contributed by atoms with E-state index in [1.165, 1.54) is 31.5 Å². The van der Waals surface area contributed by atoms with Gasteiger partial charge in [0, 0.05) is 38.6 Å². The van der Waals surface area contributed by atoms with Gasteiger partial charge in [0.15, 0.2) is 0 Å². The first-order chi connectivity index (χ1) is 10.4. The Kier molecular flexibility index (Phi) is 5.22. The van der Waals surface area contributed by atoms with E-state index in [0.717, 1.165) is 18.8 Å². The molecule has 3 rings (SSSR count). The van der Waals surface area contributed by atoms with Crippen LogP contribution in [0, 0.1) is 5.92 Å². The van der Waals surface area contributed by atoms with E-state index in [-0.39, 0.29) is 0 Å². The van der Waals surface area contributed by atoms with Gasteiger partial charge in [-0.3, -0.25) is 9.88 Å². The van der Waals surface area contributed by atoms with E-state index in [4.69, 9.17) is 9.47 Å². The maximum absolute atomic E-state index is 6.07. The highest BCUT2D eigenvalue weighted by atomic mass is 16.5. The summed E-state index contributed by atoms with van der Waals surface area (Å²) in [5.41, 5.74) is 1.31. The number of methoxy groups -OCH3 is 1. The maximum atomic E-state index is 6.07. The van der Waals surface area contributed by atoms with Crippen LogP contribution in [0.25, 0.3) is 0 Å². The summed E-state index contributed by atoms with van der Waals surface area (Å²) in [4.78, 5) is 6.89. The average molecular weight is 290 g/mol. The Morgan fingerprint density at radius 3 is 2.90 bits per heavy atom. The lowest BCUT2D eigenvalue weighted by molar-refractivity contribution is -0.000875. The normalized spacial score (nSPS) is 26.3. The molecule has 0 unspecified atom stereocenters. The van der Waals surface area contributed by atoms with Crippen LogP contribution in [0.3, 0.4) is 0 Å². The number of nitrogens with zero attached hydrogens (tertiary/aromatic N) is 2. The summed E-state index contributed by atoms with van der Waals surface area (Å²) < 4.78 is 11.2. The quantitative estimate of drug-likeness (QED) is 0.687. The van der Waals surface area contributed by atoms with E-state index in [0.29, 0.717) is 25.4 Å². The molecule has 116 valence electrons. The predicted octanol–water partition coefficient (Wildman–Crippen LogP) is 2.14. The van der Waals surface area contributed by atoms with Crippen molar-refractivity contribution in [1.29, 1.82) is 0 Å². The minimum atomic E-state index is 0.333. The molecule has 1 aromatic heterocycles. The fourth-order valence-corrected chi connectivity index (χ4v) is 3.24. The van der Waals surface area contributed by atoms with E-state index < -0.39 is 0 Å². The fraction of sp³-hybridized carbons (Fsp3) is 0.706. The zero-order valence-corrected chi connectivity index (χ0v) is 12.9. The smallest absolute Gasteiger partial charge is 0.0746 e. The second-order valence-corrected chi connectivity index (χ2v) is 6.26. The van der Waals surface area contributed by atoms with Crippen LogP contribution in [0.1, 0.15) is 24.8 Å². The minimum absolute atomic E-state index is 0.333. The molecule has 0 N–H and O–H groups in total. The van der Waals surface area contributed by atoms with Gasteiger partial charge in [0.1, 0.15) is 0 Å². The largest absolute Gasteiger partial charge is 0.382 e. The summed E-state index contributed by atoms with van der Waals surface area (Å²) in [5.74, 6) is 0.930. The SMILES string of the molecule is COCCO[C@H]1CCN(CC2CC2)[C@H]1Cc1cccnc1. The molecule has 21 heavy (non-hydrogen) atoms. The third-order valence-electron chi connectivity index (χ3n) is 4.58. The van der Waals surface area contributed by atoms with Crippen molar-refractivity contribution in [3.63, 3.8) is 0 Å². The van der Waals surface area contributed by atoms with Gasteiger partial charge in [-0.15, -0.1) is 0 Å². The van der Waals surface area contributed by atoms with Gasteiger partial charge in [-0.05, 0) is 43.2 Å². The van der Waals surface area contributed by atoms with Crippen LogP contribution in [-0.4, -0.2) is 55.4 Å². The Morgan fingerprint density at radius 2 is 2.19 bits per heavy atom. The van der Waals surface area contributed by atoms with Crippen molar-refractivity contribution in [2.75, 3.05) is 33.4 Å². The maximum Gasteiger partial charge on any atom is 0.0746 e. The van der Waals surface area contributed by atoms with Gasteiger partial charge in [0.05, 0.1) is 19.3 Å². The summed E-state index contributed by atoms with van der Waals surface area (Å²) in [6.45, 7) is 3.79. The van der Waals surface area contributed by atoms with E-state index in [1.54, 1.807) is 7.11 Å². The zero-order valence-electron chi connectivity index (χ0n) is 12.9. The topological polar surface area (TPSA) is 34.6 Å². The van der Waals surface area contributed by atoms with Crippen LogP contribution in [0.2, 0.25) is 0 Å². The molecule has 4 heteroatoms. The Bertz CT molecular complexity index is 422. The van der Waals surface area contributed by atoms with Crippen LogP contribution in [0.15, 0.2) is 24.5 Å². The number of pyridine rings is 1. The summed E-state index contributed by atoms with van der Waals surface area (Å²) in [6, 6.07) is 4.69. The average Bonchev–Trinajstić information content (AvgIpc) is 3.25. The van der Waals surface area contributed by atoms with Gasteiger partial charge in [-0.1, -0.05) is 6.07 Å². The Morgan fingerprint density at radius 1 is 1.29 bits per heavy atom. The van der Waals surface area contributed by atoms with Gasteiger partial charge < -0.3 is 9.47 Å². The van der Waals surface area contributed by atoms with Gasteiger partial charge in [0.25, 0.3) is 0 Å². The predicted molar refractivity (Wildman–Crippen MR) is 82.3 cm³/mol. The summed E-state index contributed by atoms with van der Waals surface area (Å²) >= 11 is 0. The highest BCUT2D eigenvalue weighted by Crippen LogP contribution is 2.33. The molecular formula is C17H26N2O2. The first-order valence-electron chi connectivity index (χ1n) is 8.10. The van der Waals surface area contributed by atoms with Crippen molar-refractivity contribution in [1.82, 2.24) is 9.88 Å². The summed E-state index contributed by atoms with van der Waals surface area (Å²) in [5, 5.41) is 0. The van der Waals surface area contributed by atoms with Crippen LogP contribution in [0.4, 0.5) is 0 Å². The number of hydrogen-bond donors (Lipinski definition) is 0. The number of aromatic nitrogens is 1. The Labute approximate surface area is 127 Å². The molecule has 1 aliphatic carbocycles. The van der Waals surface area contributed by atoms with Crippen molar-refractivity contribution in [2.24, 2.45) is 5.92 Å². The third kappa shape index (κ3) is 4.25. The van der Waals surface area contributed by atoms with Gasteiger partial charge in [0.2, 0.25) is 0 Å². The van der Waals surface area contributed by atoms with E-state index in [2.05, 4.69) is 16.0 Å². The molecule has 0 bridgehead atoms. The highest BCUT2D eigenvalue weighted by Gasteiger charge is 2.37. The lowest BCUT2D eigenvalue weighted by Crippen LogP contribution is -2.39. The molecule has 2 fully saturated rings. The lowest BCUT2D eigenvalue weighted by atomic mass is 10.0. The van der Waals surface area contributed by atoms with Crippen LogP contribution < -0.4 is 0 Å². The molecule has 2 aliphatic rings. The molecule has 2 heterocycles. The van der Waals surface area contributed by atoms with Gasteiger partial charge in [-0.2, -0.15) is 0 Å². The first-order valence-corrected chi connectivity index (χ1v) is 8.10. The number of rotatable bonds is 8. The molecule has 1 saturated carbocycles. The molecule has 1 aromatic rings. The van der Waals surface area contributed by atoms with Crippen molar-refractivity contribution in [2.45, 2.75) is 37.8 Å². The third-order valence-corrected chi connectivity index (χ3v) is 4.58. The van der Waals surface area contributed by atoms with Gasteiger partial charge in [-0.25, -0.2) is 0 Å². The Balaban J connectivity index is 1.61. The monoisotopic (exact) mass is 290 g/mol. The van der Waals surface area contributed by atoms with E-state index in [9.17, 15) is 0 Å². The van der Waals surface area contributed by atoms with Crippen molar-refractivity contribution >= 4 is 0 Å². The zero-order chi connectivity index (χ0) is 14.5. The molecule has 1 saturated heterocycles. The minimum Gasteiger partial charge on any atom is -0.382 e. The van der Waals surface area contributed by atoms with E-state index in [1.807, 2.05) is 18.5 Å². The highest BCUT2D eigenvalue weighted by molar-refractivity contribution is 5.12. The van der Waals surface area contributed by atoms with Crippen LogP contribution in [0.5, 0.6) is 0 Å². The number of hydrogen-bond acceptors (Lipinski definition) is 4. The molecular weight excluding hydrogens is 264 g/mol. The number of ether oxygens (including phenoxy) is 2. The fourth-order valence-electron chi connectivity index (χ4n) is 3.24. The van der Waals surface area contributed by atoms with E-state index >= 15 is 0 Å². The standard InChI is InChI=1S/C17H26N2O2/c1-20-9-10-21-17-6-8-19(13-14-4-5-14)16(17)11-15-3-2-7-18-12-15/h2-3,7,12,14,16-17H,4-6,8-11,13H2,1H3/t16-,17-/m0/s1. The molecule has 4 nitrogen and oxygen atoms in total. The second kappa shape index (κ2) is 7.34. The summed E-state index contributed by atoms with van der Waals surface area (Å²) in [6.07, 6.45) is 9.15. The van der Waals surface area contributed by atoms with Crippen molar-refractivity contribution in [3.05, 3.63) is 30.1 Å². The van der Waals surface area contributed by atoms with Crippen molar-refractivity contribution in [3.8, 4) is 0 Å². The van der Waals surface area contributed by atoms with Crippen LogP contribution in [-0.2, 0) is 15.9 Å². The summed E-state index contributed by atoms with van der Waals surface area (Å²) in [7, 11) is 1.73. The Hall–Kier alpha value is -0.970. The molecule has 2 atom stereocenters. The molecule has 1 aliphatic heterocycles. The van der Waals surface area contributed by atoms with Crippen molar-refractivity contribution < 1.29 is 9.47 Å². The molecule has 0 radical (unpaired) electrons. The van der Waals surface area contributed by atoms with Crippen LogP contribution >= 0.6 is 0 Å². The first kappa shape index (κ1) is 14.9. The number of likely N-dealkylation sites (tertiary alicyclic amines) is 1. The molecule has 0 spiro atoms. The lowest BCUT2D eigenvalue weighted by Gasteiger charge is -2.28. The molecule has 0 aromatic carbocycles.